The van der Waals surface area contributed by atoms with Gasteiger partial charge in [-0.15, -0.1) is 0 Å². The first kappa shape index (κ1) is 14.9. The minimum absolute atomic E-state index is 0.262. The van der Waals surface area contributed by atoms with Crippen LogP contribution < -0.4 is 10.6 Å². The lowest BCUT2D eigenvalue weighted by Gasteiger charge is -2.11. The normalized spacial score (nSPS) is 21.1. The minimum Gasteiger partial charge on any atom is -0.361 e. The Balaban J connectivity index is 1.95. The number of rotatable bonds is 5. The van der Waals surface area contributed by atoms with Gasteiger partial charge < -0.3 is 9.84 Å². The van der Waals surface area contributed by atoms with Gasteiger partial charge >= 0.3 is 0 Å². The van der Waals surface area contributed by atoms with Crippen molar-refractivity contribution in [1.29, 1.82) is 0 Å². The summed E-state index contributed by atoms with van der Waals surface area (Å²) in [5, 5.41) is 9.15. The van der Waals surface area contributed by atoms with Gasteiger partial charge in [0.15, 0.2) is 0 Å². The van der Waals surface area contributed by atoms with Crippen LogP contribution in [-0.2, 0) is 24.2 Å². The number of nitrogens with zero attached hydrogens (tertiary/aromatic N) is 1. The number of halogens is 2. The Labute approximate surface area is 116 Å². The van der Waals surface area contributed by atoms with Gasteiger partial charge in [-0.1, -0.05) is 19.0 Å². The van der Waals surface area contributed by atoms with Crippen molar-refractivity contribution in [3.05, 3.63) is 17.0 Å². The van der Waals surface area contributed by atoms with E-state index in [1.807, 2.05) is 13.8 Å². The molecule has 1 fully saturated rings. The average Bonchev–Trinajstić information content (AvgIpc) is 2.98. The molecule has 0 radical (unpaired) electrons. The van der Waals surface area contributed by atoms with Gasteiger partial charge in [0, 0.05) is 24.9 Å². The van der Waals surface area contributed by atoms with Crippen LogP contribution in [0.3, 0.4) is 0 Å². The van der Waals surface area contributed by atoms with Crippen LogP contribution in [0, 0.1) is 0 Å². The van der Waals surface area contributed by atoms with E-state index in [2.05, 4.69) is 15.8 Å². The third-order valence-corrected chi connectivity index (χ3v) is 3.47. The summed E-state index contributed by atoms with van der Waals surface area (Å²) in [6.07, 6.45) is 0.927. The van der Waals surface area contributed by atoms with Gasteiger partial charge in [-0.25, -0.2) is 8.78 Å². The molecule has 2 rings (SSSR count). The average molecular weight is 287 g/mol. The zero-order valence-electron chi connectivity index (χ0n) is 11.6. The van der Waals surface area contributed by atoms with Crippen LogP contribution in [0.4, 0.5) is 8.78 Å². The van der Waals surface area contributed by atoms with Crippen molar-refractivity contribution in [1.82, 2.24) is 15.8 Å². The van der Waals surface area contributed by atoms with Gasteiger partial charge in [-0.2, -0.15) is 0 Å². The van der Waals surface area contributed by atoms with Gasteiger partial charge in [0.1, 0.15) is 5.76 Å². The van der Waals surface area contributed by atoms with Crippen LogP contribution in [0.2, 0.25) is 0 Å². The minimum atomic E-state index is -2.80. The Hall–Kier alpha value is -1.50. The number of alkyl halides is 2. The van der Waals surface area contributed by atoms with E-state index in [1.54, 1.807) is 0 Å². The molecule has 0 spiro atoms. The first-order valence-electron chi connectivity index (χ1n) is 6.82. The Bertz CT molecular complexity index is 466. The monoisotopic (exact) mass is 287 g/mol. The van der Waals surface area contributed by atoms with Crippen LogP contribution in [-0.4, -0.2) is 29.6 Å². The van der Waals surface area contributed by atoms with E-state index in [0.717, 1.165) is 17.0 Å². The molecular formula is C13H19F2N3O2. The smallest absolute Gasteiger partial charge is 0.262 e. The second-order valence-electron chi connectivity index (χ2n) is 4.95. The molecule has 0 saturated carbocycles. The van der Waals surface area contributed by atoms with Gasteiger partial charge in [-0.05, 0) is 6.42 Å². The van der Waals surface area contributed by atoms with E-state index >= 15 is 0 Å². The molecule has 1 aromatic rings. The predicted molar refractivity (Wildman–Crippen MR) is 68.5 cm³/mol. The van der Waals surface area contributed by atoms with Crippen molar-refractivity contribution < 1.29 is 18.1 Å². The first-order chi connectivity index (χ1) is 9.46. The zero-order chi connectivity index (χ0) is 14.8. The molecule has 2 heterocycles. The molecule has 112 valence electrons. The van der Waals surface area contributed by atoms with Gasteiger partial charge in [0.2, 0.25) is 5.91 Å². The third-order valence-electron chi connectivity index (χ3n) is 3.47. The van der Waals surface area contributed by atoms with E-state index in [-0.39, 0.29) is 6.54 Å². The Morgan fingerprint density at radius 2 is 2.25 bits per heavy atom. The predicted octanol–water partition coefficient (Wildman–Crippen LogP) is 1.41. The highest BCUT2D eigenvalue weighted by Crippen LogP contribution is 2.25. The van der Waals surface area contributed by atoms with Crippen molar-refractivity contribution in [2.24, 2.45) is 0 Å². The quantitative estimate of drug-likeness (QED) is 0.859. The van der Waals surface area contributed by atoms with Crippen molar-refractivity contribution in [2.75, 3.05) is 6.54 Å². The highest BCUT2D eigenvalue weighted by Gasteiger charge is 2.42. The fraction of sp³-hybridized carbons (Fsp3) is 0.692. The van der Waals surface area contributed by atoms with Crippen LogP contribution in [0.25, 0.3) is 0 Å². The summed E-state index contributed by atoms with van der Waals surface area (Å²) >= 11 is 0. The molecule has 1 unspecified atom stereocenters. The first-order valence-corrected chi connectivity index (χ1v) is 6.82. The third kappa shape index (κ3) is 3.15. The van der Waals surface area contributed by atoms with E-state index < -0.39 is 30.8 Å². The zero-order valence-corrected chi connectivity index (χ0v) is 11.6. The molecule has 0 bridgehead atoms. The largest absolute Gasteiger partial charge is 0.361 e. The van der Waals surface area contributed by atoms with Gasteiger partial charge in [0.05, 0.1) is 18.3 Å². The number of nitrogens with one attached hydrogen (secondary N) is 2. The Morgan fingerprint density at radius 3 is 2.80 bits per heavy atom. The molecule has 0 aromatic carbocycles. The lowest BCUT2D eigenvalue weighted by atomic mass is 10.1. The van der Waals surface area contributed by atoms with Gasteiger partial charge in [0.25, 0.3) is 5.92 Å². The van der Waals surface area contributed by atoms with E-state index in [0.29, 0.717) is 12.8 Å². The molecule has 2 N–H and O–H groups in total. The highest BCUT2D eigenvalue weighted by molar-refractivity contribution is 5.82. The Morgan fingerprint density at radius 1 is 1.50 bits per heavy atom. The van der Waals surface area contributed by atoms with Crippen LogP contribution in [0.1, 0.15) is 37.3 Å². The second-order valence-corrected chi connectivity index (χ2v) is 4.95. The molecular weight excluding hydrogens is 268 g/mol. The van der Waals surface area contributed by atoms with Crippen LogP contribution in [0.5, 0.6) is 0 Å². The molecule has 1 aromatic heterocycles. The number of carbonyl (C=O) groups excluding carboxylic acids is 1. The molecule has 1 aliphatic heterocycles. The molecule has 7 heteroatoms. The summed E-state index contributed by atoms with van der Waals surface area (Å²) < 4.78 is 31.3. The van der Waals surface area contributed by atoms with E-state index in [9.17, 15) is 13.6 Å². The summed E-state index contributed by atoms with van der Waals surface area (Å²) in [4.78, 5) is 11.9. The van der Waals surface area contributed by atoms with Crippen molar-refractivity contribution in [3.63, 3.8) is 0 Å². The van der Waals surface area contributed by atoms with Crippen LogP contribution in [0.15, 0.2) is 4.52 Å². The summed E-state index contributed by atoms with van der Waals surface area (Å²) in [6, 6.07) is -0.833. The Kier molecular flexibility index (Phi) is 4.37. The summed E-state index contributed by atoms with van der Waals surface area (Å²) in [6.45, 7) is 3.70. The SMILES string of the molecule is CCc1noc(CC)c1CNC(=O)C1CC(F)(F)CN1. The topological polar surface area (TPSA) is 67.2 Å². The van der Waals surface area contributed by atoms with Gasteiger partial charge in [-0.3, -0.25) is 10.1 Å². The lowest BCUT2D eigenvalue weighted by Crippen LogP contribution is -2.40. The maximum Gasteiger partial charge on any atom is 0.262 e. The number of amides is 1. The van der Waals surface area contributed by atoms with Crippen LogP contribution >= 0.6 is 0 Å². The summed E-state index contributed by atoms with van der Waals surface area (Å²) in [7, 11) is 0. The van der Waals surface area contributed by atoms with E-state index in [1.165, 1.54) is 0 Å². The number of carbonyl (C=O) groups is 1. The highest BCUT2D eigenvalue weighted by atomic mass is 19.3. The molecule has 1 saturated heterocycles. The molecule has 1 amide bonds. The molecule has 1 aliphatic rings. The van der Waals surface area contributed by atoms with Crippen molar-refractivity contribution >= 4 is 5.91 Å². The summed E-state index contributed by atoms with van der Waals surface area (Å²) in [5.41, 5.74) is 1.65. The maximum atomic E-state index is 13.0. The molecule has 0 aliphatic carbocycles. The fourth-order valence-electron chi connectivity index (χ4n) is 2.34. The number of hydrogen-bond donors (Lipinski definition) is 2. The summed E-state index contributed by atoms with van der Waals surface area (Å²) in [5.74, 6) is -2.48. The van der Waals surface area contributed by atoms with E-state index in [4.69, 9.17) is 4.52 Å². The number of hydrogen-bond acceptors (Lipinski definition) is 4. The molecule has 20 heavy (non-hydrogen) atoms. The van der Waals surface area contributed by atoms with Crippen molar-refractivity contribution in [2.45, 2.75) is 51.6 Å². The molecule has 1 atom stereocenters. The number of aryl methyl sites for hydroxylation is 2. The maximum absolute atomic E-state index is 13.0. The fourth-order valence-corrected chi connectivity index (χ4v) is 2.34. The number of aromatic nitrogens is 1. The standard InChI is InChI=1S/C13H19F2N3O2/c1-3-9-8(11(4-2)20-18-9)6-16-12(19)10-5-13(14,15)7-17-10/h10,17H,3-7H2,1-2H3,(H,16,19). The second kappa shape index (κ2) is 5.87. The molecule has 5 nitrogen and oxygen atoms in total. The lowest BCUT2D eigenvalue weighted by molar-refractivity contribution is -0.123. The van der Waals surface area contributed by atoms with Crippen molar-refractivity contribution in [3.8, 4) is 0 Å².